The summed E-state index contributed by atoms with van der Waals surface area (Å²) in [6.45, 7) is 0. The second-order valence-corrected chi connectivity index (χ2v) is 2.99. The van der Waals surface area contributed by atoms with Crippen LogP contribution < -0.4 is 0 Å². The number of rotatable bonds is 3. The van der Waals surface area contributed by atoms with Crippen LogP contribution in [-0.2, 0) is 11.2 Å². The molecule has 0 N–H and O–H groups in total. The number of aromatic nitrogens is 1. The van der Waals surface area contributed by atoms with Gasteiger partial charge >= 0.3 is 0 Å². The van der Waals surface area contributed by atoms with Gasteiger partial charge in [-0.3, -0.25) is 0 Å². The Bertz CT molecular complexity index is 446. The minimum absolute atomic E-state index is 0.234. The second kappa shape index (κ2) is 3.67. The Morgan fingerprint density at radius 2 is 2.36 bits per heavy atom. The second-order valence-electron chi connectivity index (χ2n) is 2.62. The number of halogens is 1. The molecule has 72 valence electrons. The van der Waals surface area contributed by atoms with Crippen LogP contribution in [0.15, 0.2) is 27.2 Å². The van der Waals surface area contributed by atoms with Crippen LogP contribution in [0.1, 0.15) is 5.69 Å². The summed E-state index contributed by atoms with van der Waals surface area (Å²) in [5.41, 5.74) is 0.572. The van der Waals surface area contributed by atoms with E-state index in [2.05, 4.69) is 4.98 Å². The van der Waals surface area contributed by atoms with E-state index in [1.807, 2.05) is 0 Å². The van der Waals surface area contributed by atoms with Crippen molar-refractivity contribution in [1.29, 1.82) is 0 Å². The lowest BCUT2D eigenvalue weighted by atomic mass is 10.4. The molecule has 0 fully saturated rings. The molecule has 14 heavy (non-hydrogen) atoms. The Morgan fingerprint density at radius 1 is 1.50 bits per heavy atom. The quantitative estimate of drug-likeness (QED) is 0.732. The highest BCUT2D eigenvalue weighted by Gasteiger charge is 2.10. The minimum Gasteiger partial charge on any atom is -0.442 e. The summed E-state index contributed by atoms with van der Waals surface area (Å²) in [5, 5.41) is 0.273. The van der Waals surface area contributed by atoms with Gasteiger partial charge in [-0.25, -0.2) is 4.98 Å². The van der Waals surface area contributed by atoms with Crippen molar-refractivity contribution in [2.45, 2.75) is 6.42 Å². The minimum atomic E-state index is 0.234. The largest absolute Gasteiger partial charge is 0.442 e. The molecule has 0 saturated heterocycles. The highest BCUT2D eigenvalue weighted by atomic mass is 35.5. The number of nitrogens with zero attached hydrogens (tertiary/aromatic N) is 1. The van der Waals surface area contributed by atoms with Crippen LogP contribution in [0, 0.1) is 0 Å². The van der Waals surface area contributed by atoms with Crippen LogP contribution in [0.4, 0.5) is 0 Å². The van der Waals surface area contributed by atoms with E-state index in [1.54, 1.807) is 12.1 Å². The van der Waals surface area contributed by atoms with Crippen molar-refractivity contribution in [2.75, 3.05) is 0 Å². The Labute approximate surface area is 84.5 Å². The Morgan fingerprint density at radius 3 is 3.00 bits per heavy atom. The van der Waals surface area contributed by atoms with Gasteiger partial charge in [0.05, 0.1) is 5.69 Å². The highest BCUT2D eigenvalue weighted by Crippen LogP contribution is 2.23. The maximum atomic E-state index is 10.2. The standard InChI is InChI=1S/C9H6ClNO3/c10-8-2-1-7(14-8)9-11-6(3-4-12)5-13-9/h1-2,4-5H,3H2. The molecular weight excluding hydrogens is 206 g/mol. The van der Waals surface area contributed by atoms with Gasteiger partial charge in [0.2, 0.25) is 0 Å². The third-order valence-corrected chi connectivity index (χ3v) is 1.83. The molecule has 4 nitrogen and oxygen atoms in total. The lowest BCUT2D eigenvalue weighted by Crippen LogP contribution is -1.84. The number of carbonyl (C=O) groups excluding carboxylic acids is 1. The first-order valence-electron chi connectivity index (χ1n) is 3.93. The first-order valence-corrected chi connectivity index (χ1v) is 4.31. The third-order valence-electron chi connectivity index (χ3n) is 1.63. The fourth-order valence-electron chi connectivity index (χ4n) is 1.03. The monoisotopic (exact) mass is 211 g/mol. The fraction of sp³-hybridized carbons (Fsp3) is 0.111. The maximum Gasteiger partial charge on any atom is 0.263 e. The van der Waals surface area contributed by atoms with Crippen LogP contribution in [-0.4, -0.2) is 11.3 Å². The molecule has 0 aliphatic carbocycles. The lowest BCUT2D eigenvalue weighted by Gasteiger charge is -1.85. The van der Waals surface area contributed by atoms with E-state index in [9.17, 15) is 4.79 Å². The van der Waals surface area contributed by atoms with Crippen molar-refractivity contribution < 1.29 is 13.6 Å². The maximum absolute atomic E-state index is 10.2. The van der Waals surface area contributed by atoms with Crippen LogP contribution in [0.5, 0.6) is 0 Å². The molecule has 0 bridgehead atoms. The van der Waals surface area contributed by atoms with E-state index in [0.29, 0.717) is 17.3 Å². The van der Waals surface area contributed by atoms with Crippen LogP contribution in [0.2, 0.25) is 5.22 Å². The first kappa shape index (κ1) is 9.02. The van der Waals surface area contributed by atoms with Gasteiger partial charge in [0.1, 0.15) is 12.5 Å². The predicted molar refractivity (Wildman–Crippen MR) is 49.0 cm³/mol. The SMILES string of the molecule is O=CCc1coc(-c2ccc(Cl)o2)n1. The molecule has 0 unspecified atom stereocenters. The van der Waals surface area contributed by atoms with Gasteiger partial charge in [-0.1, -0.05) is 0 Å². The smallest absolute Gasteiger partial charge is 0.263 e. The topological polar surface area (TPSA) is 56.2 Å². The molecule has 0 aliphatic heterocycles. The Kier molecular flexibility index (Phi) is 2.37. The Balaban J connectivity index is 2.28. The summed E-state index contributed by atoms with van der Waals surface area (Å²) in [6, 6.07) is 3.25. The zero-order valence-corrected chi connectivity index (χ0v) is 7.82. The zero-order valence-electron chi connectivity index (χ0n) is 7.07. The number of hydrogen-bond donors (Lipinski definition) is 0. The molecule has 2 rings (SSSR count). The van der Waals surface area contributed by atoms with Gasteiger partial charge in [-0.15, -0.1) is 0 Å². The third kappa shape index (κ3) is 1.70. The van der Waals surface area contributed by atoms with Crippen molar-refractivity contribution >= 4 is 17.9 Å². The average molecular weight is 212 g/mol. The van der Waals surface area contributed by atoms with Gasteiger partial charge < -0.3 is 13.6 Å². The Hall–Kier alpha value is -1.55. The van der Waals surface area contributed by atoms with Crippen LogP contribution in [0.3, 0.4) is 0 Å². The van der Waals surface area contributed by atoms with Crippen LogP contribution >= 0.6 is 11.6 Å². The normalized spacial score (nSPS) is 10.4. The number of carbonyl (C=O) groups is 1. The van der Waals surface area contributed by atoms with Gasteiger partial charge in [-0.2, -0.15) is 0 Å². The molecule has 0 amide bonds. The molecule has 0 saturated carbocycles. The van der Waals surface area contributed by atoms with Crippen molar-refractivity contribution in [2.24, 2.45) is 0 Å². The van der Waals surface area contributed by atoms with E-state index in [1.165, 1.54) is 6.26 Å². The fourth-order valence-corrected chi connectivity index (χ4v) is 1.17. The van der Waals surface area contributed by atoms with Gasteiger partial charge in [-0.05, 0) is 23.7 Å². The van der Waals surface area contributed by atoms with E-state index in [-0.39, 0.29) is 11.6 Å². The summed E-state index contributed by atoms with van der Waals surface area (Å²) in [4.78, 5) is 14.2. The average Bonchev–Trinajstić information content (AvgIpc) is 2.74. The number of oxazole rings is 1. The van der Waals surface area contributed by atoms with Crippen molar-refractivity contribution in [3.05, 3.63) is 29.3 Å². The molecule has 0 atom stereocenters. The van der Waals surface area contributed by atoms with Crippen molar-refractivity contribution in [1.82, 2.24) is 4.98 Å². The van der Waals surface area contributed by atoms with Crippen molar-refractivity contribution in [3.8, 4) is 11.7 Å². The summed E-state index contributed by atoms with van der Waals surface area (Å²) in [6.07, 6.45) is 2.41. The van der Waals surface area contributed by atoms with E-state index >= 15 is 0 Å². The van der Waals surface area contributed by atoms with E-state index in [4.69, 9.17) is 20.4 Å². The molecule has 2 aromatic rings. The van der Waals surface area contributed by atoms with Gasteiger partial charge in [0.25, 0.3) is 5.89 Å². The van der Waals surface area contributed by atoms with Crippen molar-refractivity contribution in [3.63, 3.8) is 0 Å². The van der Waals surface area contributed by atoms with E-state index < -0.39 is 0 Å². The molecule has 0 radical (unpaired) electrons. The molecule has 2 aromatic heterocycles. The summed E-state index contributed by atoms with van der Waals surface area (Å²) >= 11 is 5.59. The lowest BCUT2D eigenvalue weighted by molar-refractivity contribution is -0.107. The summed E-state index contributed by atoms with van der Waals surface area (Å²) in [7, 11) is 0. The molecule has 0 aliphatic rings. The van der Waals surface area contributed by atoms with Crippen LogP contribution in [0.25, 0.3) is 11.7 Å². The van der Waals surface area contributed by atoms with E-state index in [0.717, 1.165) is 6.29 Å². The predicted octanol–water partition coefficient (Wildman–Crippen LogP) is 2.33. The van der Waals surface area contributed by atoms with Gasteiger partial charge in [0, 0.05) is 6.42 Å². The molecule has 0 aromatic carbocycles. The number of hydrogen-bond acceptors (Lipinski definition) is 4. The molecule has 2 heterocycles. The first-order chi connectivity index (χ1) is 6.79. The number of aldehydes is 1. The number of furan rings is 1. The molecule has 5 heteroatoms. The summed E-state index contributed by atoms with van der Waals surface area (Å²) in [5.74, 6) is 0.779. The molecular formula is C9H6ClNO3. The van der Waals surface area contributed by atoms with Gasteiger partial charge in [0.15, 0.2) is 11.0 Å². The molecule has 0 spiro atoms. The zero-order chi connectivity index (χ0) is 9.97. The highest BCUT2D eigenvalue weighted by molar-refractivity contribution is 6.28. The summed E-state index contributed by atoms with van der Waals surface area (Å²) < 4.78 is 10.2.